The Kier molecular flexibility index (Phi) is 5.85. The molecule has 0 amide bonds. The molecule has 2 aromatic carbocycles. The van der Waals surface area contributed by atoms with Gasteiger partial charge in [-0.25, -0.2) is 9.36 Å². The number of aryl methyl sites for hydroxylation is 1. The Morgan fingerprint density at radius 3 is 2.19 bits per heavy atom. The first-order chi connectivity index (χ1) is 15.4. The van der Waals surface area contributed by atoms with Gasteiger partial charge in [-0.15, -0.1) is 0 Å². The molecule has 0 bridgehead atoms. The number of benzene rings is 2. The summed E-state index contributed by atoms with van der Waals surface area (Å²) in [7, 11) is 0. The van der Waals surface area contributed by atoms with Crippen LogP contribution in [0.4, 0.5) is 0 Å². The molecule has 0 aliphatic carbocycles. The minimum atomic E-state index is -0.351. The third-order valence-electron chi connectivity index (χ3n) is 5.18. The Labute approximate surface area is 182 Å². The first-order valence-electron chi connectivity index (χ1n) is 10.1. The maximum Gasteiger partial charge on any atom is 0.269 e. The molecule has 0 saturated carbocycles. The van der Waals surface area contributed by atoms with Gasteiger partial charge in [0, 0.05) is 29.7 Å². The van der Waals surface area contributed by atoms with E-state index in [1.807, 2.05) is 54.6 Å². The predicted molar refractivity (Wildman–Crippen MR) is 121 cm³/mol. The molecule has 2 aromatic heterocycles. The van der Waals surface area contributed by atoms with E-state index in [4.69, 9.17) is 0 Å². The summed E-state index contributed by atoms with van der Waals surface area (Å²) in [5.74, 6) is 0. The fourth-order valence-electron chi connectivity index (χ4n) is 3.57. The third-order valence-corrected chi connectivity index (χ3v) is 5.18. The highest BCUT2D eigenvalue weighted by Crippen LogP contribution is 2.10. The molecular weight excluding hydrogens is 408 g/mol. The van der Waals surface area contributed by atoms with E-state index in [0.29, 0.717) is 11.1 Å². The lowest BCUT2D eigenvalue weighted by molar-refractivity contribution is 0.619. The van der Waals surface area contributed by atoms with Gasteiger partial charge >= 0.3 is 0 Å². The molecule has 0 spiro atoms. The van der Waals surface area contributed by atoms with Gasteiger partial charge in [-0.3, -0.25) is 29.4 Å². The maximum atomic E-state index is 12.9. The molecule has 0 aliphatic rings. The molecule has 162 valence electrons. The van der Waals surface area contributed by atoms with E-state index in [9.17, 15) is 19.2 Å². The lowest BCUT2D eigenvalue weighted by Crippen LogP contribution is -2.32. The van der Waals surface area contributed by atoms with E-state index in [0.717, 1.165) is 16.7 Å². The largest absolute Gasteiger partial charge is 0.269 e. The summed E-state index contributed by atoms with van der Waals surface area (Å²) in [4.78, 5) is 49.1. The van der Waals surface area contributed by atoms with E-state index >= 15 is 0 Å². The van der Waals surface area contributed by atoms with E-state index < -0.39 is 0 Å². The average molecular weight is 430 g/mol. The molecule has 0 unspecified atom stereocenters. The lowest BCUT2D eigenvalue weighted by atomic mass is 10.0. The monoisotopic (exact) mass is 430 g/mol. The van der Waals surface area contributed by atoms with Crippen molar-refractivity contribution < 1.29 is 0 Å². The fraction of sp³-hybridized carbons (Fsp3) is 0.167. The first-order valence-corrected chi connectivity index (χ1v) is 10.1. The van der Waals surface area contributed by atoms with Crippen molar-refractivity contribution in [3.63, 3.8) is 0 Å². The van der Waals surface area contributed by atoms with Crippen molar-refractivity contribution in [1.82, 2.24) is 19.6 Å². The standard InChI is InChI=1S/C24H22N4O4/c1-16-10-22(30)27(26-23(16)31)15-19-9-5-8-18(11-19)12-20-13-21(29)25-28(24(20)32)14-17-6-3-2-4-7-17/h2-11,13H,12,14-15H2,1H3,(H,25,29)(H,26,31). The highest BCUT2D eigenvalue weighted by atomic mass is 16.2. The van der Waals surface area contributed by atoms with Crippen molar-refractivity contribution in [1.29, 1.82) is 0 Å². The molecule has 0 aliphatic heterocycles. The maximum absolute atomic E-state index is 12.9. The van der Waals surface area contributed by atoms with Gasteiger partial charge in [0.15, 0.2) is 0 Å². The average Bonchev–Trinajstić information content (AvgIpc) is 2.76. The van der Waals surface area contributed by atoms with Gasteiger partial charge in [0.1, 0.15) is 0 Å². The molecule has 8 heteroatoms. The summed E-state index contributed by atoms with van der Waals surface area (Å²) in [6, 6.07) is 19.4. The molecule has 32 heavy (non-hydrogen) atoms. The van der Waals surface area contributed by atoms with Crippen LogP contribution in [0.15, 0.2) is 85.9 Å². The third kappa shape index (κ3) is 4.75. The number of aromatic amines is 2. The van der Waals surface area contributed by atoms with Crippen molar-refractivity contribution >= 4 is 0 Å². The molecule has 0 radical (unpaired) electrons. The molecule has 8 nitrogen and oxygen atoms in total. The van der Waals surface area contributed by atoms with Crippen LogP contribution in [0.2, 0.25) is 0 Å². The second-order valence-corrected chi connectivity index (χ2v) is 7.71. The number of rotatable bonds is 6. The topological polar surface area (TPSA) is 110 Å². The van der Waals surface area contributed by atoms with Crippen LogP contribution in [0.5, 0.6) is 0 Å². The van der Waals surface area contributed by atoms with Crippen LogP contribution < -0.4 is 22.2 Å². The van der Waals surface area contributed by atoms with Gasteiger partial charge in [-0.05, 0) is 23.6 Å². The van der Waals surface area contributed by atoms with Gasteiger partial charge in [0.25, 0.3) is 22.2 Å². The van der Waals surface area contributed by atoms with E-state index in [-0.39, 0.29) is 41.7 Å². The molecule has 2 N–H and O–H groups in total. The van der Waals surface area contributed by atoms with Crippen LogP contribution in [0.25, 0.3) is 0 Å². The number of aromatic nitrogens is 4. The van der Waals surface area contributed by atoms with Crippen molar-refractivity contribution in [2.24, 2.45) is 0 Å². The van der Waals surface area contributed by atoms with Gasteiger partial charge in [0.05, 0.1) is 13.1 Å². The van der Waals surface area contributed by atoms with Crippen LogP contribution in [0, 0.1) is 6.92 Å². The summed E-state index contributed by atoms with van der Waals surface area (Å²) >= 11 is 0. The zero-order valence-electron chi connectivity index (χ0n) is 17.5. The van der Waals surface area contributed by atoms with Crippen molar-refractivity contribution in [2.75, 3.05) is 0 Å². The van der Waals surface area contributed by atoms with Gasteiger partial charge < -0.3 is 0 Å². The summed E-state index contributed by atoms with van der Waals surface area (Å²) in [6.45, 7) is 2.04. The van der Waals surface area contributed by atoms with E-state index in [1.165, 1.54) is 21.5 Å². The summed E-state index contributed by atoms with van der Waals surface area (Å²) in [5, 5.41) is 5.15. The summed E-state index contributed by atoms with van der Waals surface area (Å²) in [5.41, 5.74) is 2.02. The quantitative estimate of drug-likeness (QED) is 0.482. The SMILES string of the molecule is Cc1cc(=O)n(Cc2cccc(Cc3cc(=O)[nH]n(Cc4ccccc4)c3=O)c2)[nH]c1=O. The second-order valence-electron chi connectivity index (χ2n) is 7.71. The Morgan fingerprint density at radius 2 is 1.41 bits per heavy atom. The first kappa shape index (κ1) is 21.0. The van der Waals surface area contributed by atoms with Gasteiger partial charge in [0.2, 0.25) is 0 Å². The van der Waals surface area contributed by atoms with Crippen LogP contribution in [-0.2, 0) is 19.5 Å². The van der Waals surface area contributed by atoms with E-state index in [1.54, 1.807) is 6.92 Å². The zero-order valence-corrected chi connectivity index (χ0v) is 17.5. The predicted octanol–water partition coefficient (Wildman–Crippen LogP) is 1.38. The minimum absolute atomic E-state index is 0.190. The number of hydrogen-bond donors (Lipinski definition) is 2. The summed E-state index contributed by atoms with van der Waals surface area (Å²) < 4.78 is 2.56. The Balaban J connectivity index is 1.61. The zero-order chi connectivity index (χ0) is 22.7. The highest BCUT2D eigenvalue weighted by Gasteiger charge is 2.09. The number of hydrogen-bond acceptors (Lipinski definition) is 4. The van der Waals surface area contributed by atoms with Crippen LogP contribution in [0.1, 0.15) is 27.8 Å². The lowest BCUT2D eigenvalue weighted by Gasteiger charge is -2.10. The molecule has 4 rings (SSSR count). The van der Waals surface area contributed by atoms with E-state index in [2.05, 4.69) is 10.2 Å². The normalized spacial score (nSPS) is 10.9. The molecular formula is C24H22N4O4. The smallest absolute Gasteiger partial charge is 0.268 e. The molecule has 0 saturated heterocycles. The highest BCUT2D eigenvalue weighted by molar-refractivity contribution is 5.28. The van der Waals surface area contributed by atoms with Crippen LogP contribution in [-0.4, -0.2) is 19.6 Å². The van der Waals surface area contributed by atoms with Crippen molar-refractivity contribution in [2.45, 2.75) is 26.4 Å². The van der Waals surface area contributed by atoms with Crippen molar-refractivity contribution in [3.8, 4) is 0 Å². The number of H-pyrrole nitrogens is 2. The Morgan fingerprint density at radius 1 is 0.719 bits per heavy atom. The molecule has 4 aromatic rings. The molecule has 0 fully saturated rings. The van der Waals surface area contributed by atoms with Gasteiger partial charge in [-0.1, -0.05) is 54.6 Å². The summed E-state index contributed by atoms with van der Waals surface area (Å²) in [6.07, 6.45) is 0.269. The van der Waals surface area contributed by atoms with Crippen molar-refractivity contribution in [3.05, 3.63) is 136 Å². The van der Waals surface area contributed by atoms with Gasteiger partial charge in [-0.2, -0.15) is 0 Å². The fourth-order valence-corrected chi connectivity index (χ4v) is 3.57. The van der Waals surface area contributed by atoms with Crippen LogP contribution in [0.3, 0.4) is 0 Å². The number of nitrogens with one attached hydrogen (secondary N) is 2. The second kappa shape index (κ2) is 8.89. The van der Waals surface area contributed by atoms with Crippen LogP contribution >= 0.6 is 0 Å². The Bertz CT molecular complexity index is 1490. The number of nitrogens with zero attached hydrogens (tertiary/aromatic N) is 2. The molecule has 0 atom stereocenters. The Hall–Kier alpha value is -4.20. The molecule has 2 heterocycles. The minimum Gasteiger partial charge on any atom is -0.268 e.